The summed E-state index contributed by atoms with van der Waals surface area (Å²) in [5.41, 5.74) is 2.40. The first-order valence-electron chi connectivity index (χ1n) is 11.0. The molecular weight excluding hydrogens is 456 g/mol. The van der Waals surface area contributed by atoms with Crippen molar-refractivity contribution in [2.75, 3.05) is 45.7 Å². The molecule has 1 aromatic heterocycles. The molecule has 3 aromatic rings. The monoisotopic (exact) mass is 488 g/mol. The van der Waals surface area contributed by atoms with E-state index < -0.39 is 10.0 Å². The normalized spacial score (nSPS) is 12.1. The lowest BCUT2D eigenvalue weighted by atomic mass is 10.2. The number of unbranched alkanes of at least 4 members (excludes halogenated alkanes) is 1. The summed E-state index contributed by atoms with van der Waals surface area (Å²) in [4.78, 5) is 22.1. The largest absolute Gasteiger partial charge is 0.308 e. The van der Waals surface area contributed by atoms with E-state index in [1.807, 2.05) is 51.0 Å². The molecule has 33 heavy (non-hydrogen) atoms. The first-order valence-corrected chi connectivity index (χ1v) is 13.3. The summed E-state index contributed by atoms with van der Waals surface area (Å²) in [5, 5.41) is 0.641. The number of sulfonamides is 1. The molecule has 7 nitrogen and oxygen atoms in total. The fourth-order valence-corrected chi connectivity index (χ4v) is 5.66. The van der Waals surface area contributed by atoms with Crippen molar-refractivity contribution in [3.63, 3.8) is 0 Å². The number of para-hydroxylation sites is 1. The third-order valence-electron chi connectivity index (χ3n) is 5.49. The second-order valence-electron chi connectivity index (χ2n) is 8.38. The standard InChI is InChI=1S/C24H32N4O3S2/c1-6-7-15-27(5)33(30,31)20-13-11-19(12-14-20)23(29)28(17-16-26(3)4)24-25-22-18(2)9-8-10-21(22)32-24/h8-14H,6-7,15-17H2,1-5H3. The number of carbonyl (C=O) groups excluding carboxylic acids is 1. The second kappa shape index (κ2) is 10.7. The van der Waals surface area contributed by atoms with Gasteiger partial charge >= 0.3 is 0 Å². The fraction of sp³-hybridized carbons (Fsp3) is 0.417. The Morgan fingerprint density at radius 2 is 1.70 bits per heavy atom. The van der Waals surface area contributed by atoms with Gasteiger partial charge < -0.3 is 4.90 Å². The van der Waals surface area contributed by atoms with E-state index in [9.17, 15) is 13.2 Å². The lowest BCUT2D eigenvalue weighted by Crippen LogP contribution is -2.36. The van der Waals surface area contributed by atoms with Crippen LogP contribution in [0.3, 0.4) is 0 Å². The van der Waals surface area contributed by atoms with Crippen LogP contribution in [0.1, 0.15) is 35.7 Å². The van der Waals surface area contributed by atoms with Crippen molar-refractivity contribution in [3.8, 4) is 0 Å². The van der Waals surface area contributed by atoms with E-state index in [2.05, 4.69) is 0 Å². The molecule has 0 unspecified atom stereocenters. The Bertz CT molecular complexity index is 1200. The van der Waals surface area contributed by atoms with Crippen LogP contribution in [0.15, 0.2) is 47.4 Å². The number of hydrogen-bond acceptors (Lipinski definition) is 6. The molecule has 0 aliphatic rings. The number of rotatable bonds is 10. The van der Waals surface area contributed by atoms with Gasteiger partial charge in [0.1, 0.15) is 0 Å². The number of hydrogen-bond donors (Lipinski definition) is 0. The molecule has 0 aliphatic heterocycles. The summed E-state index contributed by atoms with van der Waals surface area (Å²) in [6.07, 6.45) is 1.72. The molecule has 3 rings (SSSR count). The van der Waals surface area contributed by atoms with E-state index in [0.717, 1.165) is 28.6 Å². The van der Waals surface area contributed by atoms with Gasteiger partial charge in [-0.25, -0.2) is 17.7 Å². The zero-order chi connectivity index (χ0) is 24.2. The highest BCUT2D eigenvalue weighted by Crippen LogP contribution is 2.31. The predicted octanol–water partition coefficient (Wildman–Crippen LogP) is 4.23. The van der Waals surface area contributed by atoms with Crippen LogP contribution in [-0.2, 0) is 10.0 Å². The van der Waals surface area contributed by atoms with Gasteiger partial charge in [-0.1, -0.05) is 36.8 Å². The third-order valence-corrected chi connectivity index (χ3v) is 8.41. The Morgan fingerprint density at radius 3 is 2.30 bits per heavy atom. The number of likely N-dealkylation sites (N-methyl/N-ethyl adjacent to an activating group) is 1. The zero-order valence-corrected chi connectivity index (χ0v) is 21.5. The van der Waals surface area contributed by atoms with E-state index in [1.54, 1.807) is 24.1 Å². The first-order chi connectivity index (χ1) is 15.6. The molecule has 178 valence electrons. The van der Waals surface area contributed by atoms with E-state index in [-0.39, 0.29) is 10.8 Å². The summed E-state index contributed by atoms with van der Waals surface area (Å²) in [7, 11) is 1.92. The van der Waals surface area contributed by atoms with Crippen LogP contribution < -0.4 is 4.90 Å². The topological polar surface area (TPSA) is 73.8 Å². The molecule has 1 heterocycles. The minimum Gasteiger partial charge on any atom is -0.308 e. The molecule has 0 aliphatic carbocycles. The van der Waals surface area contributed by atoms with Crippen LogP contribution in [0.5, 0.6) is 0 Å². The summed E-state index contributed by atoms with van der Waals surface area (Å²) >= 11 is 1.49. The molecule has 9 heteroatoms. The number of aromatic nitrogens is 1. The maximum Gasteiger partial charge on any atom is 0.260 e. The molecule has 0 atom stereocenters. The predicted molar refractivity (Wildman–Crippen MR) is 136 cm³/mol. The van der Waals surface area contributed by atoms with Gasteiger partial charge in [0.2, 0.25) is 10.0 Å². The molecule has 2 aromatic carbocycles. The number of carbonyl (C=O) groups is 1. The highest BCUT2D eigenvalue weighted by Gasteiger charge is 2.24. The molecule has 0 radical (unpaired) electrons. The molecule has 0 bridgehead atoms. The Hall–Kier alpha value is -2.33. The minimum atomic E-state index is -3.58. The summed E-state index contributed by atoms with van der Waals surface area (Å²) in [6.45, 7) is 5.65. The van der Waals surface area contributed by atoms with Crippen LogP contribution in [0.2, 0.25) is 0 Å². The van der Waals surface area contributed by atoms with Crippen molar-refractivity contribution >= 4 is 42.6 Å². The molecule has 0 fully saturated rings. The van der Waals surface area contributed by atoms with E-state index in [0.29, 0.717) is 30.3 Å². The van der Waals surface area contributed by atoms with Gasteiger partial charge in [0.25, 0.3) is 5.91 Å². The summed E-state index contributed by atoms with van der Waals surface area (Å²) in [6, 6.07) is 12.2. The average molecular weight is 489 g/mol. The Labute approximate surface area is 200 Å². The number of amides is 1. The van der Waals surface area contributed by atoms with Gasteiger partial charge in [0.15, 0.2) is 5.13 Å². The summed E-state index contributed by atoms with van der Waals surface area (Å²) < 4.78 is 28.0. The Balaban J connectivity index is 1.90. The van der Waals surface area contributed by atoms with Crippen molar-refractivity contribution < 1.29 is 13.2 Å². The van der Waals surface area contributed by atoms with E-state index in [1.165, 1.54) is 27.8 Å². The van der Waals surface area contributed by atoms with Crippen LogP contribution in [0.4, 0.5) is 5.13 Å². The number of aryl methyl sites for hydroxylation is 1. The lowest BCUT2D eigenvalue weighted by molar-refractivity contribution is 0.0985. The molecule has 0 spiro atoms. The highest BCUT2D eigenvalue weighted by atomic mass is 32.2. The molecular formula is C24H32N4O3S2. The fourth-order valence-electron chi connectivity index (χ4n) is 3.38. The van der Waals surface area contributed by atoms with Crippen molar-refractivity contribution in [3.05, 3.63) is 53.6 Å². The van der Waals surface area contributed by atoms with Crippen LogP contribution in [-0.4, -0.2) is 69.3 Å². The van der Waals surface area contributed by atoms with E-state index >= 15 is 0 Å². The van der Waals surface area contributed by atoms with Crippen molar-refractivity contribution in [2.45, 2.75) is 31.6 Å². The number of fused-ring (bicyclic) bond motifs is 1. The van der Waals surface area contributed by atoms with Crippen molar-refractivity contribution in [1.29, 1.82) is 0 Å². The third kappa shape index (κ3) is 5.78. The minimum absolute atomic E-state index is 0.188. The van der Waals surface area contributed by atoms with Crippen LogP contribution in [0.25, 0.3) is 10.2 Å². The average Bonchev–Trinajstić information content (AvgIpc) is 3.22. The van der Waals surface area contributed by atoms with Gasteiger partial charge in [-0.05, 0) is 63.3 Å². The van der Waals surface area contributed by atoms with E-state index in [4.69, 9.17) is 4.98 Å². The number of thiazole rings is 1. The van der Waals surface area contributed by atoms with Crippen LogP contribution >= 0.6 is 11.3 Å². The number of nitrogens with zero attached hydrogens (tertiary/aromatic N) is 4. The second-order valence-corrected chi connectivity index (χ2v) is 11.4. The maximum absolute atomic E-state index is 13.5. The smallest absolute Gasteiger partial charge is 0.260 e. The van der Waals surface area contributed by atoms with Gasteiger partial charge in [-0.3, -0.25) is 9.69 Å². The zero-order valence-electron chi connectivity index (χ0n) is 19.9. The molecule has 0 saturated heterocycles. The van der Waals surface area contributed by atoms with Gasteiger partial charge in [0.05, 0.1) is 15.1 Å². The Morgan fingerprint density at radius 1 is 1.00 bits per heavy atom. The number of anilines is 1. The van der Waals surface area contributed by atoms with Crippen molar-refractivity contribution in [2.24, 2.45) is 0 Å². The first kappa shape index (κ1) is 25.3. The molecule has 1 amide bonds. The molecule has 0 saturated carbocycles. The van der Waals surface area contributed by atoms with Crippen molar-refractivity contribution in [1.82, 2.24) is 14.2 Å². The highest BCUT2D eigenvalue weighted by molar-refractivity contribution is 7.89. The van der Waals surface area contributed by atoms with Crippen LogP contribution in [0, 0.1) is 6.92 Å². The summed E-state index contributed by atoms with van der Waals surface area (Å²) in [5.74, 6) is -0.197. The maximum atomic E-state index is 13.5. The Kier molecular flexibility index (Phi) is 8.23. The SMILES string of the molecule is CCCCN(C)S(=O)(=O)c1ccc(C(=O)N(CCN(C)C)c2nc3c(C)cccc3s2)cc1. The number of benzene rings is 2. The van der Waals surface area contributed by atoms with Gasteiger partial charge in [-0.15, -0.1) is 0 Å². The van der Waals surface area contributed by atoms with Gasteiger partial charge in [0, 0.05) is 32.2 Å². The molecule has 0 N–H and O–H groups in total. The quantitative estimate of drug-likeness (QED) is 0.427. The van der Waals surface area contributed by atoms with Gasteiger partial charge in [-0.2, -0.15) is 0 Å². The lowest BCUT2D eigenvalue weighted by Gasteiger charge is -2.22.